The van der Waals surface area contributed by atoms with Crippen LogP contribution >= 0.6 is 39.3 Å². The van der Waals surface area contributed by atoms with E-state index in [2.05, 4.69) is 31.4 Å². The van der Waals surface area contributed by atoms with Gasteiger partial charge in [0.2, 0.25) is 11.8 Å². The van der Waals surface area contributed by atoms with Gasteiger partial charge in [0.1, 0.15) is 0 Å². The van der Waals surface area contributed by atoms with Crippen molar-refractivity contribution in [1.82, 2.24) is 15.5 Å². The van der Waals surface area contributed by atoms with Crippen LogP contribution in [-0.2, 0) is 11.2 Å². The molecule has 3 aromatic rings. The lowest BCUT2D eigenvalue weighted by Crippen LogP contribution is -2.27. The summed E-state index contributed by atoms with van der Waals surface area (Å²) in [6.07, 6.45) is 0.750. The first-order valence-electron chi connectivity index (χ1n) is 7.84. The highest BCUT2D eigenvalue weighted by Crippen LogP contribution is 2.28. The lowest BCUT2D eigenvalue weighted by atomic mass is 10.1. The smallest absolute Gasteiger partial charge is 0.277 e. The minimum atomic E-state index is -0.0791. The van der Waals surface area contributed by atoms with Gasteiger partial charge in [-0.3, -0.25) is 4.79 Å². The molecule has 0 bridgehead atoms. The van der Waals surface area contributed by atoms with Crippen LogP contribution in [0.4, 0.5) is 0 Å². The van der Waals surface area contributed by atoms with Crippen molar-refractivity contribution in [3.05, 3.63) is 63.6 Å². The van der Waals surface area contributed by atoms with Gasteiger partial charge in [0.05, 0.1) is 11.3 Å². The molecule has 1 aromatic heterocycles. The van der Waals surface area contributed by atoms with E-state index in [4.69, 9.17) is 16.0 Å². The van der Waals surface area contributed by atoms with Gasteiger partial charge < -0.3 is 9.73 Å². The molecule has 0 aliphatic carbocycles. The maximum atomic E-state index is 11.9. The van der Waals surface area contributed by atoms with E-state index in [9.17, 15) is 4.79 Å². The molecule has 2 aromatic carbocycles. The number of benzene rings is 2. The van der Waals surface area contributed by atoms with E-state index in [-0.39, 0.29) is 11.7 Å². The summed E-state index contributed by atoms with van der Waals surface area (Å²) in [5.41, 5.74) is 1.94. The Morgan fingerprint density at radius 2 is 1.92 bits per heavy atom. The van der Waals surface area contributed by atoms with Gasteiger partial charge in [-0.15, -0.1) is 10.2 Å². The van der Waals surface area contributed by atoms with Crippen LogP contribution in [0.2, 0.25) is 5.02 Å². The summed E-state index contributed by atoms with van der Waals surface area (Å²) in [5.74, 6) is 0.561. The first-order valence-corrected chi connectivity index (χ1v) is 10.00. The number of amides is 1. The SMILES string of the molecule is O=C(CSc1nnc(-c2ccccc2Br)o1)NCCc1ccc(Cl)cc1. The van der Waals surface area contributed by atoms with Crippen molar-refractivity contribution in [3.63, 3.8) is 0 Å². The Labute approximate surface area is 168 Å². The fourth-order valence-corrected chi connectivity index (χ4v) is 3.36. The van der Waals surface area contributed by atoms with Crippen LogP contribution in [0.3, 0.4) is 0 Å². The summed E-state index contributed by atoms with van der Waals surface area (Å²) in [5, 5.41) is 11.9. The number of carbonyl (C=O) groups excluding carboxylic acids is 1. The molecule has 1 heterocycles. The van der Waals surface area contributed by atoms with Gasteiger partial charge in [0.15, 0.2) is 0 Å². The first-order chi connectivity index (χ1) is 12.6. The number of hydrogen-bond acceptors (Lipinski definition) is 5. The summed E-state index contributed by atoms with van der Waals surface area (Å²) in [4.78, 5) is 11.9. The van der Waals surface area contributed by atoms with Gasteiger partial charge in [-0.1, -0.05) is 47.6 Å². The van der Waals surface area contributed by atoms with E-state index < -0.39 is 0 Å². The van der Waals surface area contributed by atoms with Crippen molar-refractivity contribution in [2.24, 2.45) is 0 Å². The number of aromatic nitrogens is 2. The summed E-state index contributed by atoms with van der Waals surface area (Å²) >= 11 is 10.5. The van der Waals surface area contributed by atoms with Crippen molar-refractivity contribution < 1.29 is 9.21 Å². The lowest BCUT2D eigenvalue weighted by molar-refractivity contribution is -0.118. The molecule has 134 valence electrons. The van der Waals surface area contributed by atoms with E-state index in [0.717, 1.165) is 22.0 Å². The Morgan fingerprint density at radius 1 is 1.15 bits per heavy atom. The second kappa shape index (κ2) is 9.21. The molecule has 3 rings (SSSR count). The maximum absolute atomic E-state index is 11.9. The number of nitrogens with zero attached hydrogens (tertiary/aromatic N) is 2. The molecular weight excluding hydrogens is 438 g/mol. The molecule has 26 heavy (non-hydrogen) atoms. The monoisotopic (exact) mass is 451 g/mol. The van der Waals surface area contributed by atoms with Crippen LogP contribution in [0.1, 0.15) is 5.56 Å². The molecule has 5 nitrogen and oxygen atoms in total. The van der Waals surface area contributed by atoms with Gasteiger partial charge in [-0.05, 0) is 52.2 Å². The molecule has 0 saturated carbocycles. The molecule has 8 heteroatoms. The number of hydrogen-bond donors (Lipinski definition) is 1. The van der Waals surface area contributed by atoms with Crippen LogP contribution in [0.5, 0.6) is 0 Å². The number of nitrogens with one attached hydrogen (secondary N) is 1. The highest BCUT2D eigenvalue weighted by Gasteiger charge is 2.13. The van der Waals surface area contributed by atoms with Crippen molar-refractivity contribution >= 4 is 45.2 Å². The third kappa shape index (κ3) is 5.33. The van der Waals surface area contributed by atoms with Crippen LogP contribution in [0, 0.1) is 0 Å². The second-order valence-corrected chi connectivity index (χ2v) is 7.59. The fourth-order valence-electron chi connectivity index (χ4n) is 2.19. The number of carbonyl (C=O) groups is 1. The van der Waals surface area contributed by atoms with Crippen molar-refractivity contribution in [2.75, 3.05) is 12.3 Å². The Morgan fingerprint density at radius 3 is 2.69 bits per heavy atom. The zero-order chi connectivity index (χ0) is 18.4. The third-order valence-electron chi connectivity index (χ3n) is 3.49. The van der Waals surface area contributed by atoms with Gasteiger partial charge in [0.25, 0.3) is 5.22 Å². The second-order valence-electron chi connectivity index (χ2n) is 5.37. The summed E-state index contributed by atoms with van der Waals surface area (Å²) < 4.78 is 6.48. The van der Waals surface area contributed by atoms with Crippen LogP contribution < -0.4 is 5.32 Å². The molecule has 0 aliphatic rings. The normalized spacial score (nSPS) is 10.7. The Bertz CT molecular complexity index is 886. The Balaban J connectivity index is 1.45. The van der Waals surface area contributed by atoms with Gasteiger partial charge in [0, 0.05) is 16.0 Å². The van der Waals surface area contributed by atoms with E-state index in [1.165, 1.54) is 11.8 Å². The zero-order valence-electron chi connectivity index (χ0n) is 13.6. The van der Waals surface area contributed by atoms with Gasteiger partial charge in [-0.2, -0.15) is 0 Å². The molecule has 0 atom stereocenters. The van der Waals surface area contributed by atoms with Crippen LogP contribution in [0.25, 0.3) is 11.5 Å². The Hall–Kier alpha value is -1.83. The minimum absolute atomic E-state index is 0.0791. The van der Waals surface area contributed by atoms with E-state index in [1.807, 2.05) is 48.5 Å². The number of rotatable bonds is 7. The lowest BCUT2D eigenvalue weighted by Gasteiger charge is -2.04. The van der Waals surface area contributed by atoms with Crippen LogP contribution in [-0.4, -0.2) is 28.4 Å². The van der Waals surface area contributed by atoms with E-state index in [0.29, 0.717) is 22.7 Å². The number of halogens is 2. The maximum Gasteiger partial charge on any atom is 0.277 e. The highest BCUT2D eigenvalue weighted by atomic mass is 79.9. The predicted octanol–water partition coefficient (Wildman–Crippen LogP) is 4.60. The standard InChI is InChI=1S/C18H15BrClN3O2S/c19-15-4-2-1-3-14(15)17-22-23-18(25-17)26-11-16(24)21-10-9-12-5-7-13(20)8-6-12/h1-8H,9-11H2,(H,21,24). The van der Waals surface area contributed by atoms with Crippen molar-refractivity contribution in [2.45, 2.75) is 11.6 Å². The van der Waals surface area contributed by atoms with E-state index >= 15 is 0 Å². The number of thioether (sulfide) groups is 1. The summed E-state index contributed by atoms with van der Waals surface area (Å²) in [6, 6.07) is 15.2. The molecule has 0 spiro atoms. The zero-order valence-corrected chi connectivity index (χ0v) is 16.8. The van der Waals surface area contributed by atoms with Crippen LogP contribution in [0.15, 0.2) is 62.6 Å². The quantitative estimate of drug-likeness (QED) is 0.531. The highest BCUT2D eigenvalue weighted by molar-refractivity contribution is 9.10. The van der Waals surface area contributed by atoms with Gasteiger partial charge in [-0.25, -0.2) is 0 Å². The Kier molecular flexibility index (Phi) is 6.71. The molecule has 1 N–H and O–H groups in total. The summed E-state index contributed by atoms with van der Waals surface area (Å²) in [6.45, 7) is 0.563. The van der Waals surface area contributed by atoms with Gasteiger partial charge >= 0.3 is 0 Å². The third-order valence-corrected chi connectivity index (χ3v) is 5.25. The molecule has 0 saturated heterocycles. The molecule has 0 unspecified atom stereocenters. The average molecular weight is 453 g/mol. The van der Waals surface area contributed by atoms with Crippen molar-refractivity contribution in [1.29, 1.82) is 0 Å². The van der Waals surface area contributed by atoms with Crippen molar-refractivity contribution in [3.8, 4) is 11.5 Å². The molecule has 0 aliphatic heterocycles. The topological polar surface area (TPSA) is 68.0 Å². The fraction of sp³-hybridized carbons (Fsp3) is 0.167. The summed E-state index contributed by atoms with van der Waals surface area (Å²) in [7, 11) is 0. The molecule has 0 radical (unpaired) electrons. The predicted molar refractivity (Wildman–Crippen MR) is 106 cm³/mol. The largest absolute Gasteiger partial charge is 0.411 e. The molecular formula is C18H15BrClN3O2S. The van der Waals surface area contributed by atoms with E-state index in [1.54, 1.807) is 0 Å². The molecule has 0 fully saturated rings. The first kappa shape index (κ1) is 18.9. The molecule has 1 amide bonds. The average Bonchev–Trinajstić information content (AvgIpc) is 3.11. The minimum Gasteiger partial charge on any atom is -0.411 e.